The monoisotopic (exact) mass is 593 g/mol. The number of benzene rings is 3. The van der Waals surface area contributed by atoms with Crippen molar-refractivity contribution in [3.05, 3.63) is 82.8 Å². The summed E-state index contributed by atoms with van der Waals surface area (Å²) in [5.41, 5.74) is 1.59. The number of amides is 1. The van der Waals surface area contributed by atoms with Crippen molar-refractivity contribution in [2.45, 2.75) is 30.6 Å². The summed E-state index contributed by atoms with van der Waals surface area (Å²) in [6.45, 7) is 5.60. The number of anilines is 2. The van der Waals surface area contributed by atoms with E-state index in [2.05, 4.69) is 21.2 Å². The van der Waals surface area contributed by atoms with Gasteiger partial charge in [0.15, 0.2) is 0 Å². The topological polar surface area (TPSA) is 104 Å². The summed E-state index contributed by atoms with van der Waals surface area (Å²) in [6, 6.07) is 18.8. The van der Waals surface area contributed by atoms with Crippen molar-refractivity contribution in [2.75, 3.05) is 29.3 Å². The van der Waals surface area contributed by atoms with Gasteiger partial charge in [-0.1, -0.05) is 47.5 Å². The standard InChI is InChI=1S/C25H28BrN3O5S2/c1-4-28(5-2)35(31,32)23-16-10-21(11-17-23)27-25(30)18-29(22-12-8-20(26)9-13-22)36(33,34)24-14-6-19(3)7-15-24/h6-17H,4-5,18H2,1-3H3,(H,27,30). The van der Waals surface area contributed by atoms with Gasteiger partial charge in [-0.3, -0.25) is 9.10 Å². The van der Waals surface area contributed by atoms with Gasteiger partial charge in [-0.15, -0.1) is 0 Å². The summed E-state index contributed by atoms with van der Waals surface area (Å²) < 4.78 is 55.4. The maximum absolute atomic E-state index is 13.5. The quantitative estimate of drug-likeness (QED) is 0.369. The lowest BCUT2D eigenvalue weighted by Crippen LogP contribution is -2.38. The first-order chi connectivity index (χ1) is 17.0. The molecule has 0 heterocycles. The Bertz CT molecular complexity index is 1400. The van der Waals surface area contributed by atoms with Crippen molar-refractivity contribution in [3.8, 4) is 0 Å². The van der Waals surface area contributed by atoms with E-state index in [0.29, 0.717) is 24.5 Å². The van der Waals surface area contributed by atoms with Gasteiger partial charge in [0.1, 0.15) is 6.54 Å². The highest BCUT2D eigenvalue weighted by atomic mass is 79.9. The van der Waals surface area contributed by atoms with E-state index in [9.17, 15) is 21.6 Å². The molecule has 1 amide bonds. The van der Waals surface area contributed by atoms with Crippen LogP contribution in [0, 0.1) is 6.92 Å². The predicted octanol–water partition coefficient (Wildman–Crippen LogP) is 4.62. The Hall–Kier alpha value is -2.73. The molecule has 1 N–H and O–H groups in total. The maximum atomic E-state index is 13.5. The summed E-state index contributed by atoms with van der Waals surface area (Å²) in [4.78, 5) is 13.1. The summed E-state index contributed by atoms with van der Waals surface area (Å²) >= 11 is 3.34. The number of aryl methyl sites for hydroxylation is 1. The van der Waals surface area contributed by atoms with Gasteiger partial charge < -0.3 is 5.32 Å². The highest BCUT2D eigenvalue weighted by molar-refractivity contribution is 9.10. The van der Waals surface area contributed by atoms with Crippen LogP contribution in [0.3, 0.4) is 0 Å². The molecule has 0 aromatic heterocycles. The van der Waals surface area contributed by atoms with E-state index in [-0.39, 0.29) is 9.79 Å². The van der Waals surface area contributed by atoms with Gasteiger partial charge in [0.2, 0.25) is 15.9 Å². The zero-order valence-corrected chi connectivity index (χ0v) is 23.4. The molecule has 0 aliphatic heterocycles. The molecule has 0 atom stereocenters. The predicted molar refractivity (Wildman–Crippen MR) is 145 cm³/mol. The summed E-state index contributed by atoms with van der Waals surface area (Å²) in [5.74, 6) is -0.576. The number of nitrogens with zero attached hydrogens (tertiary/aromatic N) is 2. The third kappa shape index (κ3) is 6.33. The van der Waals surface area contributed by atoms with Crippen molar-refractivity contribution in [1.82, 2.24) is 4.31 Å². The van der Waals surface area contributed by atoms with E-state index in [0.717, 1.165) is 14.3 Å². The van der Waals surface area contributed by atoms with E-state index in [1.54, 1.807) is 50.2 Å². The van der Waals surface area contributed by atoms with Crippen molar-refractivity contribution < 1.29 is 21.6 Å². The lowest BCUT2D eigenvalue weighted by Gasteiger charge is -2.24. The number of halogens is 1. The SMILES string of the molecule is CCN(CC)S(=O)(=O)c1ccc(NC(=O)CN(c2ccc(Br)cc2)S(=O)(=O)c2ccc(C)cc2)cc1. The first-order valence-electron chi connectivity index (χ1n) is 11.2. The molecule has 0 saturated carbocycles. The molecule has 0 spiro atoms. The van der Waals surface area contributed by atoms with Gasteiger partial charge in [-0.2, -0.15) is 4.31 Å². The van der Waals surface area contributed by atoms with E-state index in [1.165, 1.54) is 40.7 Å². The van der Waals surface area contributed by atoms with Crippen LogP contribution in [-0.2, 0) is 24.8 Å². The number of hydrogen-bond acceptors (Lipinski definition) is 5. The fourth-order valence-corrected chi connectivity index (χ4v) is 6.66. The number of carbonyl (C=O) groups is 1. The molecular formula is C25H28BrN3O5S2. The zero-order chi connectivity index (χ0) is 26.5. The number of nitrogens with one attached hydrogen (secondary N) is 1. The molecular weight excluding hydrogens is 566 g/mol. The molecule has 8 nitrogen and oxygen atoms in total. The van der Waals surface area contributed by atoms with Crippen LogP contribution >= 0.6 is 15.9 Å². The average Bonchev–Trinajstić information content (AvgIpc) is 2.84. The van der Waals surface area contributed by atoms with Gasteiger partial charge in [0.05, 0.1) is 15.5 Å². The second kappa shape index (κ2) is 11.5. The normalized spacial score (nSPS) is 11.9. The summed E-state index contributed by atoms with van der Waals surface area (Å²) in [7, 11) is -7.67. The van der Waals surface area contributed by atoms with Crippen molar-refractivity contribution in [2.24, 2.45) is 0 Å². The van der Waals surface area contributed by atoms with Crippen LogP contribution in [-0.4, -0.2) is 46.7 Å². The van der Waals surface area contributed by atoms with Gasteiger partial charge >= 0.3 is 0 Å². The molecule has 0 radical (unpaired) electrons. The zero-order valence-electron chi connectivity index (χ0n) is 20.2. The smallest absolute Gasteiger partial charge is 0.264 e. The highest BCUT2D eigenvalue weighted by Gasteiger charge is 2.27. The van der Waals surface area contributed by atoms with Crippen LogP contribution in [0.2, 0.25) is 0 Å². The Morgan fingerprint density at radius 3 is 1.81 bits per heavy atom. The first kappa shape index (κ1) is 27.9. The van der Waals surface area contributed by atoms with Gasteiger partial charge in [-0.25, -0.2) is 16.8 Å². The number of carbonyl (C=O) groups excluding carboxylic acids is 1. The second-order valence-corrected chi connectivity index (χ2v) is 12.7. The van der Waals surface area contributed by atoms with Crippen LogP contribution in [0.1, 0.15) is 19.4 Å². The van der Waals surface area contributed by atoms with Crippen LogP contribution in [0.4, 0.5) is 11.4 Å². The number of sulfonamides is 2. The molecule has 0 aliphatic carbocycles. The molecule has 3 aromatic carbocycles. The Morgan fingerprint density at radius 1 is 0.778 bits per heavy atom. The van der Waals surface area contributed by atoms with E-state index in [4.69, 9.17) is 0 Å². The van der Waals surface area contributed by atoms with Crippen molar-refractivity contribution >= 4 is 53.3 Å². The van der Waals surface area contributed by atoms with E-state index in [1.807, 2.05) is 6.92 Å². The van der Waals surface area contributed by atoms with Crippen LogP contribution < -0.4 is 9.62 Å². The molecule has 11 heteroatoms. The Kier molecular flexibility index (Phi) is 8.93. The van der Waals surface area contributed by atoms with Crippen LogP contribution in [0.15, 0.2) is 87.1 Å². The minimum atomic E-state index is -4.04. The minimum Gasteiger partial charge on any atom is -0.325 e. The lowest BCUT2D eigenvalue weighted by atomic mass is 10.2. The van der Waals surface area contributed by atoms with Gasteiger partial charge in [0, 0.05) is 23.2 Å². The third-order valence-corrected chi connectivity index (χ3v) is 9.87. The van der Waals surface area contributed by atoms with Crippen LogP contribution in [0.5, 0.6) is 0 Å². The fraction of sp³-hybridized carbons (Fsp3) is 0.240. The molecule has 192 valence electrons. The number of hydrogen-bond donors (Lipinski definition) is 1. The van der Waals surface area contributed by atoms with E-state index < -0.39 is 32.5 Å². The number of rotatable bonds is 10. The van der Waals surface area contributed by atoms with E-state index >= 15 is 0 Å². The summed E-state index contributed by atoms with van der Waals surface area (Å²) in [5, 5.41) is 2.66. The molecule has 3 rings (SSSR count). The molecule has 3 aromatic rings. The van der Waals surface area contributed by atoms with Gasteiger partial charge in [0.25, 0.3) is 10.0 Å². The minimum absolute atomic E-state index is 0.0646. The highest BCUT2D eigenvalue weighted by Crippen LogP contribution is 2.26. The average molecular weight is 595 g/mol. The Labute approximate surface area is 221 Å². The Morgan fingerprint density at radius 2 is 1.28 bits per heavy atom. The molecule has 0 aliphatic rings. The fourth-order valence-electron chi connectivity index (χ4n) is 3.51. The molecule has 0 saturated heterocycles. The summed E-state index contributed by atoms with van der Waals surface area (Å²) in [6.07, 6.45) is 0. The molecule has 0 unspecified atom stereocenters. The molecule has 0 bridgehead atoms. The van der Waals surface area contributed by atoms with Crippen molar-refractivity contribution in [3.63, 3.8) is 0 Å². The third-order valence-electron chi connectivity index (χ3n) is 5.49. The largest absolute Gasteiger partial charge is 0.325 e. The Balaban J connectivity index is 1.85. The maximum Gasteiger partial charge on any atom is 0.264 e. The molecule has 36 heavy (non-hydrogen) atoms. The molecule has 0 fully saturated rings. The second-order valence-electron chi connectivity index (χ2n) is 7.96. The van der Waals surface area contributed by atoms with Gasteiger partial charge in [-0.05, 0) is 67.6 Å². The first-order valence-corrected chi connectivity index (χ1v) is 14.9. The van der Waals surface area contributed by atoms with Crippen molar-refractivity contribution in [1.29, 1.82) is 0 Å². The van der Waals surface area contributed by atoms with Crippen LogP contribution in [0.25, 0.3) is 0 Å². The lowest BCUT2D eigenvalue weighted by molar-refractivity contribution is -0.114.